The van der Waals surface area contributed by atoms with Crippen molar-refractivity contribution in [2.75, 3.05) is 20.3 Å². The smallest absolute Gasteiger partial charge is 0.244 e. The number of carbonyl (C=O) groups excluding carboxylic acids is 1. The van der Waals surface area contributed by atoms with Crippen molar-refractivity contribution < 1.29 is 9.53 Å². The van der Waals surface area contributed by atoms with Gasteiger partial charge in [-0.25, -0.2) is 4.68 Å². The van der Waals surface area contributed by atoms with Crippen molar-refractivity contribution in [1.29, 1.82) is 0 Å². The van der Waals surface area contributed by atoms with Crippen LogP contribution in [0, 0.1) is 0 Å². The van der Waals surface area contributed by atoms with E-state index < -0.39 is 0 Å². The van der Waals surface area contributed by atoms with Crippen molar-refractivity contribution in [2.24, 2.45) is 0 Å². The number of nitrogens with one attached hydrogen (secondary N) is 1. The van der Waals surface area contributed by atoms with E-state index in [2.05, 4.69) is 5.32 Å². The summed E-state index contributed by atoms with van der Waals surface area (Å²) < 4.78 is 6.76. The molecule has 0 saturated heterocycles. The van der Waals surface area contributed by atoms with Crippen molar-refractivity contribution in [1.82, 2.24) is 15.1 Å². The minimum Gasteiger partial charge on any atom is -0.383 e. The van der Waals surface area contributed by atoms with Crippen LogP contribution in [0.15, 0.2) is 60.1 Å². The van der Waals surface area contributed by atoms with Crippen molar-refractivity contribution in [3.05, 3.63) is 65.7 Å². The maximum absolute atomic E-state index is 11.9. The molecular formula is C19H19N3O2S. The quantitative estimate of drug-likeness (QED) is 0.523. The van der Waals surface area contributed by atoms with Crippen LogP contribution in [0.2, 0.25) is 0 Å². The summed E-state index contributed by atoms with van der Waals surface area (Å²) in [6, 6.07) is 13.9. The Morgan fingerprint density at radius 3 is 2.84 bits per heavy atom. The number of benzene rings is 1. The molecule has 6 heteroatoms. The van der Waals surface area contributed by atoms with E-state index in [0.29, 0.717) is 13.2 Å². The minimum atomic E-state index is -0.151. The molecule has 3 aromatic rings. The monoisotopic (exact) mass is 353 g/mol. The van der Waals surface area contributed by atoms with Crippen LogP contribution in [0.3, 0.4) is 0 Å². The lowest BCUT2D eigenvalue weighted by molar-refractivity contribution is -0.116. The van der Waals surface area contributed by atoms with Crippen LogP contribution in [-0.2, 0) is 9.53 Å². The van der Waals surface area contributed by atoms with E-state index in [4.69, 9.17) is 9.84 Å². The second-order valence-electron chi connectivity index (χ2n) is 5.31. The fourth-order valence-corrected chi connectivity index (χ4v) is 3.06. The summed E-state index contributed by atoms with van der Waals surface area (Å²) in [6.07, 6.45) is 5.26. The maximum Gasteiger partial charge on any atom is 0.244 e. The molecule has 0 bridgehead atoms. The van der Waals surface area contributed by atoms with E-state index in [1.165, 1.54) is 6.08 Å². The summed E-state index contributed by atoms with van der Waals surface area (Å²) in [5.41, 5.74) is 2.73. The number of rotatable bonds is 7. The Hall–Kier alpha value is -2.70. The van der Waals surface area contributed by atoms with Crippen molar-refractivity contribution >= 4 is 23.3 Å². The Balaban J connectivity index is 1.87. The van der Waals surface area contributed by atoms with Gasteiger partial charge < -0.3 is 10.1 Å². The second kappa shape index (κ2) is 8.41. The standard InChI is InChI=1S/C19H19N3O2S/c1-24-12-11-20-18(23)10-9-15-14-22(16-6-3-2-4-7-16)21-19(15)17-8-5-13-25-17/h2-10,13-14H,11-12H2,1H3,(H,20,23)/b10-9+. The molecule has 0 fully saturated rings. The first-order valence-electron chi connectivity index (χ1n) is 7.92. The second-order valence-corrected chi connectivity index (χ2v) is 6.26. The summed E-state index contributed by atoms with van der Waals surface area (Å²) in [4.78, 5) is 13.0. The Labute approximate surface area is 150 Å². The number of thiophene rings is 1. The normalized spacial score (nSPS) is 11.1. The SMILES string of the molecule is COCCNC(=O)/C=C/c1cn(-c2ccccc2)nc1-c1cccs1. The highest BCUT2D eigenvalue weighted by Gasteiger charge is 2.11. The van der Waals surface area contributed by atoms with E-state index >= 15 is 0 Å². The first-order valence-corrected chi connectivity index (χ1v) is 8.79. The Bertz CT molecular complexity index is 839. The molecule has 0 aliphatic heterocycles. The molecule has 0 unspecified atom stereocenters. The van der Waals surface area contributed by atoms with Gasteiger partial charge in [-0.15, -0.1) is 11.3 Å². The van der Waals surface area contributed by atoms with Gasteiger partial charge in [-0.05, 0) is 29.7 Å². The maximum atomic E-state index is 11.9. The van der Waals surface area contributed by atoms with Gasteiger partial charge in [-0.2, -0.15) is 5.10 Å². The predicted octanol–water partition coefficient (Wildman–Crippen LogP) is 3.38. The number of hydrogen-bond donors (Lipinski definition) is 1. The molecule has 0 atom stereocenters. The van der Waals surface area contributed by atoms with Crippen molar-refractivity contribution in [3.63, 3.8) is 0 Å². The summed E-state index contributed by atoms with van der Waals surface area (Å²) in [5, 5.41) is 9.49. The summed E-state index contributed by atoms with van der Waals surface area (Å²) >= 11 is 1.62. The molecule has 25 heavy (non-hydrogen) atoms. The summed E-state index contributed by atoms with van der Waals surface area (Å²) in [5.74, 6) is -0.151. The third kappa shape index (κ3) is 4.43. The molecule has 0 aliphatic carbocycles. The number of aromatic nitrogens is 2. The third-order valence-electron chi connectivity index (χ3n) is 3.54. The van der Waals surface area contributed by atoms with Gasteiger partial charge in [-0.1, -0.05) is 24.3 Å². The van der Waals surface area contributed by atoms with Gasteiger partial charge in [0.15, 0.2) is 0 Å². The molecule has 1 aromatic carbocycles. The van der Waals surface area contributed by atoms with Gasteiger partial charge in [0.25, 0.3) is 0 Å². The van der Waals surface area contributed by atoms with E-state index in [9.17, 15) is 4.79 Å². The van der Waals surface area contributed by atoms with Crippen molar-refractivity contribution in [2.45, 2.75) is 0 Å². The summed E-state index contributed by atoms with van der Waals surface area (Å²) in [7, 11) is 1.60. The lowest BCUT2D eigenvalue weighted by Crippen LogP contribution is -2.24. The van der Waals surface area contributed by atoms with E-state index in [1.54, 1.807) is 24.5 Å². The minimum absolute atomic E-state index is 0.151. The molecule has 0 radical (unpaired) electrons. The largest absolute Gasteiger partial charge is 0.383 e. The number of ether oxygens (including phenoxy) is 1. The number of methoxy groups -OCH3 is 1. The lowest BCUT2D eigenvalue weighted by Gasteiger charge is -1.99. The number of amides is 1. The van der Waals surface area contributed by atoms with Gasteiger partial charge in [0, 0.05) is 31.5 Å². The number of hydrogen-bond acceptors (Lipinski definition) is 4. The number of para-hydroxylation sites is 1. The lowest BCUT2D eigenvalue weighted by atomic mass is 10.2. The molecule has 2 heterocycles. The van der Waals surface area contributed by atoms with Crippen LogP contribution < -0.4 is 5.32 Å². The molecule has 2 aromatic heterocycles. The molecular weight excluding hydrogens is 334 g/mol. The molecule has 5 nitrogen and oxygen atoms in total. The van der Waals surface area contributed by atoms with Crippen LogP contribution in [-0.4, -0.2) is 35.9 Å². The van der Waals surface area contributed by atoms with Crippen LogP contribution >= 0.6 is 11.3 Å². The molecule has 3 rings (SSSR count). The zero-order valence-corrected chi connectivity index (χ0v) is 14.7. The van der Waals surface area contributed by atoms with Gasteiger partial charge in [0.2, 0.25) is 5.91 Å². The van der Waals surface area contributed by atoms with Crippen LogP contribution in [0.1, 0.15) is 5.56 Å². The molecule has 0 aliphatic rings. The van der Waals surface area contributed by atoms with Crippen molar-refractivity contribution in [3.8, 4) is 16.3 Å². The van der Waals surface area contributed by atoms with E-state index in [1.807, 2.05) is 58.7 Å². The van der Waals surface area contributed by atoms with Crippen LogP contribution in [0.25, 0.3) is 22.3 Å². The highest BCUT2D eigenvalue weighted by Crippen LogP contribution is 2.28. The molecule has 0 saturated carbocycles. The number of nitrogens with zero attached hydrogens (tertiary/aromatic N) is 2. The number of carbonyl (C=O) groups is 1. The van der Waals surface area contributed by atoms with Crippen LogP contribution in [0.4, 0.5) is 0 Å². The van der Waals surface area contributed by atoms with E-state index in [-0.39, 0.29) is 5.91 Å². The predicted molar refractivity (Wildman–Crippen MR) is 101 cm³/mol. The Morgan fingerprint density at radius 2 is 2.12 bits per heavy atom. The van der Waals surface area contributed by atoms with Gasteiger partial charge >= 0.3 is 0 Å². The summed E-state index contributed by atoms with van der Waals surface area (Å²) in [6.45, 7) is 0.979. The zero-order valence-electron chi connectivity index (χ0n) is 13.9. The fourth-order valence-electron chi connectivity index (χ4n) is 2.33. The van der Waals surface area contributed by atoms with E-state index in [0.717, 1.165) is 21.8 Å². The molecule has 1 amide bonds. The van der Waals surface area contributed by atoms with Gasteiger partial charge in [0.05, 0.1) is 17.2 Å². The third-order valence-corrected chi connectivity index (χ3v) is 4.41. The first-order chi connectivity index (χ1) is 12.3. The average molecular weight is 353 g/mol. The fraction of sp³-hybridized carbons (Fsp3) is 0.158. The van der Waals surface area contributed by atoms with Gasteiger partial charge in [-0.3, -0.25) is 4.79 Å². The highest BCUT2D eigenvalue weighted by molar-refractivity contribution is 7.13. The molecule has 0 spiro atoms. The van der Waals surface area contributed by atoms with Crippen LogP contribution in [0.5, 0.6) is 0 Å². The topological polar surface area (TPSA) is 56.1 Å². The zero-order chi connectivity index (χ0) is 17.5. The average Bonchev–Trinajstić information content (AvgIpc) is 3.30. The highest BCUT2D eigenvalue weighted by atomic mass is 32.1. The molecule has 128 valence electrons. The molecule has 1 N–H and O–H groups in total. The van der Waals surface area contributed by atoms with Gasteiger partial charge in [0.1, 0.15) is 5.69 Å². The first kappa shape index (κ1) is 17.1. The Morgan fingerprint density at radius 1 is 1.28 bits per heavy atom. The Kier molecular flexibility index (Phi) is 5.77.